The van der Waals surface area contributed by atoms with E-state index in [9.17, 15) is 9.59 Å². The minimum absolute atomic E-state index is 0.0299. The number of hydrogen-bond donors (Lipinski definition) is 0. The molecule has 0 N–H and O–H groups in total. The Morgan fingerprint density at radius 2 is 1.43 bits per heavy atom. The van der Waals surface area contributed by atoms with Crippen LogP contribution in [0.4, 0.5) is 0 Å². The molecule has 0 spiro atoms. The first kappa shape index (κ1) is 20.3. The number of hydrogen-bond acceptors (Lipinski definition) is 3. The van der Waals surface area contributed by atoms with E-state index in [-0.39, 0.29) is 17.8 Å². The maximum absolute atomic E-state index is 12.4. The maximum atomic E-state index is 12.4. The molecule has 1 fully saturated rings. The van der Waals surface area contributed by atoms with E-state index in [2.05, 4.69) is 32.9 Å². The summed E-state index contributed by atoms with van der Waals surface area (Å²) in [5.41, 5.74) is 3.55. The van der Waals surface area contributed by atoms with E-state index in [0.29, 0.717) is 17.0 Å². The smallest absolute Gasteiger partial charge is 0.338 e. The van der Waals surface area contributed by atoms with Crippen LogP contribution in [0.15, 0.2) is 48.5 Å². The van der Waals surface area contributed by atoms with Crippen molar-refractivity contribution in [3.8, 4) is 0 Å². The molecule has 1 aliphatic rings. The molecule has 0 heterocycles. The van der Waals surface area contributed by atoms with Gasteiger partial charge in [-0.2, -0.15) is 0 Å². The number of rotatable bonds is 5. The Morgan fingerprint density at radius 1 is 0.857 bits per heavy atom. The number of Topliss-reactive ketones (excluding diaryl/α,β-unsaturated/α-hetero) is 1. The molecule has 3 heteroatoms. The van der Waals surface area contributed by atoms with Gasteiger partial charge in [0.25, 0.3) is 0 Å². The molecule has 0 amide bonds. The van der Waals surface area contributed by atoms with Crippen LogP contribution in [0.2, 0.25) is 0 Å². The maximum Gasteiger partial charge on any atom is 0.338 e. The van der Waals surface area contributed by atoms with E-state index in [1.165, 1.54) is 37.7 Å². The fourth-order valence-electron chi connectivity index (χ4n) is 3.78. The Kier molecular flexibility index (Phi) is 6.33. The third kappa shape index (κ3) is 5.09. The van der Waals surface area contributed by atoms with Crippen molar-refractivity contribution in [1.82, 2.24) is 0 Å². The van der Waals surface area contributed by atoms with Gasteiger partial charge in [-0.05, 0) is 47.4 Å². The van der Waals surface area contributed by atoms with Crippen molar-refractivity contribution < 1.29 is 14.3 Å². The quantitative estimate of drug-likeness (QED) is 0.468. The molecule has 0 bridgehead atoms. The first-order valence-corrected chi connectivity index (χ1v) is 10.3. The summed E-state index contributed by atoms with van der Waals surface area (Å²) >= 11 is 0. The highest BCUT2D eigenvalue weighted by molar-refractivity contribution is 5.99. The Hall–Kier alpha value is -2.42. The lowest BCUT2D eigenvalue weighted by Crippen LogP contribution is -2.15. The van der Waals surface area contributed by atoms with Crippen molar-refractivity contribution in [2.75, 3.05) is 6.61 Å². The van der Waals surface area contributed by atoms with Crippen LogP contribution in [-0.4, -0.2) is 18.4 Å². The largest absolute Gasteiger partial charge is 0.454 e. The lowest BCUT2D eigenvalue weighted by molar-refractivity contribution is 0.0474. The number of ether oxygens (including phenoxy) is 1. The molecule has 0 radical (unpaired) electrons. The van der Waals surface area contributed by atoms with E-state index in [1.54, 1.807) is 12.1 Å². The highest BCUT2D eigenvalue weighted by atomic mass is 16.5. The molecule has 0 aromatic heterocycles. The number of carbonyl (C=O) groups is 2. The fourth-order valence-corrected chi connectivity index (χ4v) is 3.78. The zero-order valence-corrected chi connectivity index (χ0v) is 17.2. The molecular formula is C25H30O3. The lowest BCUT2D eigenvalue weighted by Gasteiger charge is -2.22. The fraction of sp³-hybridized carbons (Fsp3) is 0.440. The van der Waals surface area contributed by atoms with Gasteiger partial charge in [-0.25, -0.2) is 4.79 Å². The molecule has 2 aromatic carbocycles. The number of benzene rings is 2. The topological polar surface area (TPSA) is 43.4 Å². The van der Waals surface area contributed by atoms with Gasteiger partial charge in [0.2, 0.25) is 0 Å². The molecule has 148 valence electrons. The van der Waals surface area contributed by atoms with Gasteiger partial charge < -0.3 is 4.74 Å². The SMILES string of the molecule is CC(C)(C)c1ccc(C(=O)OCC(=O)c2ccc(C3CCCCC3)cc2)cc1. The number of ketones is 1. The minimum Gasteiger partial charge on any atom is -0.454 e. The third-order valence-corrected chi connectivity index (χ3v) is 5.63. The Morgan fingerprint density at radius 3 is 2.00 bits per heavy atom. The zero-order valence-electron chi connectivity index (χ0n) is 17.2. The van der Waals surface area contributed by atoms with E-state index in [4.69, 9.17) is 4.74 Å². The van der Waals surface area contributed by atoms with Gasteiger partial charge in [0.15, 0.2) is 12.4 Å². The second kappa shape index (κ2) is 8.72. The van der Waals surface area contributed by atoms with Crippen molar-refractivity contribution in [1.29, 1.82) is 0 Å². The Labute approximate surface area is 168 Å². The summed E-state index contributed by atoms with van der Waals surface area (Å²) < 4.78 is 5.23. The molecule has 3 rings (SSSR count). The van der Waals surface area contributed by atoms with E-state index < -0.39 is 5.97 Å². The summed E-state index contributed by atoms with van der Waals surface area (Å²) in [6, 6.07) is 15.2. The summed E-state index contributed by atoms with van der Waals surface area (Å²) in [5, 5.41) is 0. The molecule has 28 heavy (non-hydrogen) atoms. The van der Waals surface area contributed by atoms with E-state index >= 15 is 0 Å². The van der Waals surface area contributed by atoms with Gasteiger partial charge in [0.05, 0.1) is 5.56 Å². The summed E-state index contributed by atoms with van der Waals surface area (Å²) in [5.74, 6) is -0.0192. The standard InChI is InChI=1S/C25H30O3/c1-25(2,3)22-15-13-21(14-16-22)24(27)28-17-23(26)20-11-9-19(10-12-20)18-7-5-4-6-8-18/h9-16,18H,4-8,17H2,1-3H3. The monoisotopic (exact) mass is 378 g/mol. The van der Waals surface area contributed by atoms with Gasteiger partial charge in [0, 0.05) is 5.56 Å². The summed E-state index contributed by atoms with van der Waals surface area (Å²) in [4.78, 5) is 24.6. The average Bonchev–Trinajstić information content (AvgIpc) is 2.72. The second-order valence-corrected chi connectivity index (χ2v) is 8.78. The van der Waals surface area contributed by atoms with Crippen LogP contribution >= 0.6 is 0 Å². The summed E-state index contributed by atoms with van der Waals surface area (Å²) in [7, 11) is 0. The van der Waals surface area contributed by atoms with Gasteiger partial charge in [-0.1, -0.05) is 76.4 Å². The molecule has 1 aliphatic carbocycles. The molecule has 2 aromatic rings. The first-order chi connectivity index (χ1) is 13.3. The molecule has 0 aliphatic heterocycles. The first-order valence-electron chi connectivity index (χ1n) is 10.3. The molecule has 0 saturated heterocycles. The Bertz CT molecular complexity index is 804. The normalized spacial score (nSPS) is 15.2. The number of esters is 1. The van der Waals surface area contributed by atoms with Crippen molar-refractivity contribution in [3.05, 3.63) is 70.8 Å². The van der Waals surface area contributed by atoms with Crippen LogP contribution in [0.25, 0.3) is 0 Å². The van der Waals surface area contributed by atoms with E-state index in [0.717, 1.165) is 5.56 Å². The second-order valence-electron chi connectivity index (χ2n) is 8.78. The minimum atomic E-state index is -0.465. The summed E-state index contributed by atoms with van der Waals surface area (Å²) in [6.45, 7) is 6.14. The highest BCUT2D eigenvalue weighted by Gasteiger charge is 2.18. The van der Waals surface area contributed by atoms with Crippen LogP contribution in [0.1, 0.15) is 90.6 Å². The molecular weight excluding hydrogens is 348 g/mol. The lowest BCUT2D eigenvalue weighted by atomic mass is 9.84. The van der Waals surface area contributed by atoms with Crippen molar-refractivity contribution >= 4 is 11.8 Å². The zero-order chi connectivity index (χ0) is 20.1. The van der Waals surface area contributed by atoms with E-state index in [1.807, 2.05) is 24.3 Å². The van der Waals surface area contributed by atoms with Gasteiger partial charge >= 0.3 is 5.97 Å². The van der Waals surface area contributed by atoms with Crippen molar-refractivity contribution in [2.45, 2.75) is 64.2 Å². The molecule has 1 saturated carbocycles. The van der Waals surface area contributed by atoms with Crippen LogP contribution in [0.3, 0.4) is 0 Å². The predicted octanol–water partition coefficient (Wildman–Crippen LogP) is 6.07. The predicted molar refractivity (Wildman–Crippen MR) is 112 cm³/mol. The van der Waals surface area contributed by atoms with Crippen LogP contribution < -0.4 is 0 Å². The van der Waals surface area contributed by atoms with Crippen molar-refractivity contribution in [3.63, 3.8) is 0 Å². The van der Waals surface area contributed by atoms with Crippen LogP contribution in [0, 0.1) is 0 Å². The van der Waals surface area contributed by atoms with Crippen LogP contribution in [-0.2, 0) is 10.2 Å². The van der Waals surface area contributed by atoms with Crippen molar-refractivity contribution in [2.24, 2.45) is 0 Å². The summed E-state index contributed by atoms with van der Waals surface area (Å²) in [6.07, 6.45) is 6.38. The van der Waals surface area contributed by atoms with Gasteiger partial charge in [0.1, 0.15) is 0 Å². The Balaban J connectivity index is 1.55. The van der Waals surface area contributed by atoms with Gasteiger partial charge in [-0.15, -0.1) is 0 Å². The molecule has 0 unspecified atom stereocenters. The van der Waals surface area contributed by atoms with Crippen LogP contribution in [0.5, 0.6) is 0 Å². The third-order valence-electron chi connectivity index (χ3n) is 5.63. The average molecular weight is 379 g/mol. The molecule has 3 nitrogen and oxygen atoms in total. The van der Waals surface area contributed by atoms with Gasteiger partial charge in [-0.3, -0.25) is 4.79 Å². The molecule has 0 atom stereocenters. The number of carbonyl (C=O) groups excluding carboxylic acids is 2. The highest BCUT2D eigenvalue weighted by Crippen LogP contribution is 2.32.